The number of allylic oxidation sites excluding steroid dienone is 2. The van der Waals surface area contributed by atoms with Crippen LogP contribution in [0.4, 0.5) is 0 Å². The van der Waals surface area contributed by atoms with Crippen molar-refractivity contribution in [2.75, 3.05) is 0 Å². The van der Waals surface area contributed by atoms with Gasteiger partial charge in [0.05, 0.1) is 6.10 Å². The summed E-state index contributed by atoms with van der Waals surface area (Å²) in [4.78, 5) is 0. The molecule has 8 atom stereocenters. The highest BCUT2D eigenvalue weighted by atomic mass is 16.3. The maximum absolute atomic E-state index is 10.3. The Labute approximate surface area is 181 Å². The van der Waals surface area contributed by atoms with E-state index in [0.29, 0.717) is 10.8 Å². The molecule has 0 radical (unpaired) electrons. The molecule has 0 aromatic heterocycles. The van der Waals surface area contributed by atoms with E-state index in [2.05, 4.69) is 41.5 Å². The maximum Gasteiger partial charge on any atom is 0.0543 e. The van der Waals surface area contributed by atoms with Crippen molar-refractivity contribution < 1.29 is 5.11 Å². The molecule has 1 nitrogen and oxygen atoms in total. The van der Waals surface area contributed by atoms with E-state index in [4.69, 9.17) is 0 Å². The molecule has 0 heterocycles. The smallest absolute Gasteiger partial charge is 0.0543 e. The third kappa shape index (κ3) is 3.66. The largest absolute Gasteiger partial charge is 0.393 e. The lowest BCUT2D eigenvalue weighted by Crippen LogP contribution is -2.48. The molecular formula is C28H48O. The quantitative estimate of drug-likeness (QED) is 0.467. The fourth-order valence-corrected chi connectivity index (χ4v) is 8.48. The topological polar surface area (TPSA) is 20.2 Å². The summed E-state index contributed by atoms with van der Waals surface area (Å²) >= 11 is 0. The Morgan fingerprint density at radius 2 is 1.69 bits per heavy atom. The van der Waals surface area contributed by atoms with E-state index in [1.807, 2.05) is 11.1 Å². The first kappa shape index (κ1) is 21.9. The van der Waals surface area contributed by atoms with Crippen LogP contribution in [-0.4, -0.2) is 11.2 Å². The molecule has 3 fully saturated rings. The second-order valence-electron chi connectivity index (χ2n) is 12.6. The van der Waals surface area contributed by atoms with Crippen molar-refractivity contribution in [3.05, 3.63) is 11.1 Å². The second-order valence-corrected chi connectivity index (χ2v) is 12.6. The van der Waals surface area contributed by atoms with Gasteiger partial charge in [0.15, 0.2) is 0 Å². The molecule has 0 aromatic rings. The summed E-state index contributed by atoms with van der Waals surface area (Å²) in [7, 11) is 0. The van der Waals surface area contributed by atoms with Gasteiger partial charge in [-0.25, -0.2) is 0 Å². The third-order valence-corrected chi connectivity index (χ3v) is 10.9. The summed E-state index contributed by atoms with van der Waals surface area (Å²) in [6.45, 7) is 15.0. The minimum atomic E-state index is -0.0268. The van der Waals surface area contributed by atoms with Crippen molar-refractivity contribution in [1.29, 1.82) is 0 Å². The number of aliphatic hydroxyl groups excluding tert-OH is 1. The van der Waals surface area contributed by atoms with Crippen LogP contribution in [-0.2, 0) is 0 Å². The average molecular weight is 401 g/mol. The van der Waals surface area contributed by atoms with Crippen molar-refractivity contribution in [2.45, 2.75) is 118 Å². The lowest BCUT2D eigenvalue weighted by Gasteiger charge is -2.56. The fraction of sp³-hybridized carbons (Fsp3) is 0.929. The first-order valence-electron chi connectivity index (χ1n) is 13.1. The van der Waals surface area contributed by atoms with E-state index in [1.165, 1.54) is 57.8 Å². The average Bonchev–Trinajstić information content (AvgIpc) is 3.03. The summed E-state index contributed by atoms with van der Waals surface area (Å²) in [5.74, 6) is 5.04. The Morgan fingerprint density at radius 1 is 0.931 bits per heavy atom. The number of hydrogen-bond acceptors (Lipinski definition) is 1. The standard InChI is InChI=1S/C28H48O/c1-18(2)19(3)7-8-20(4)24-11-12-25-23-10-9-21-17-22(29)13-15-27(21,5)26(23)14-16-28(24,25)6/h18-22,24,26,29H,7-17H2,1-6H3/t19-,20+,21-,22+,24-,26+,27-,28-/m0/s1. The monoisotopic (exact) mass is 400 g/mol. The predicted molar refractivity (Wildman–Crippen MR) is 124 cm³/mol. The normalized spacial score (nSPS) is 44.3. The highest BCUT2D eigenvalue weighted by molar-refractivity contribution is 5.34. The SMILES string of the molecule is CC(C)[C@@H](C)CC[C@@H](C)[C@@H]1CCC2=C3CC[C@H]4C[C@H](O)CC[C@]4(C)[C@@H]3CC[C@]21C. The molecule has 29 heavy (non-hydrogen) atoms. The molecule has 0 aromatic carbocycles. The van der Waals surface area contributed by atoms with Gasteiger partial charge in [0.25, 0.3) is 0 Å². The zero-order valence-corrected chi connectivity index (χ0v) is 20.3. The molecule has 1 N–H and O–H groups in total. The van der Waals surface area contributed by atoms with E-state index in [1.54, 1.807) is 0 Å². The van der Waals surface area contributed by atoms with Crippen molar-refractivity contribution in [3.63, 3.8) is 0 Å². The zero-order chi connectivity index (χ0) is 21.0. The van der Waals surface area contributed by atoms with E-state index < -0.39 is 0 Å². The van der Waals surface area contributed by atoms with Gasteiger partial charge in [-0.2, -0.15) is 0 Å². The Bertz CT molecular complexity index is 632. The predicted octanol–water partition coefficient (Wildman–Crippen LogP) is 7.78. The van der Waals surface area contributed by atoms with Crippen molar-refractivity contribution in [2.24, 2.45) is 46.3 Å². The van der Waals surface area contributed by atoms with E-state index in [9.17, 15) is 5.11 Å². The highest BCUT2D eigenvalue weighted by Gasteiger charge is 2.55. The Balaban J connectivity index is 1.53. The van der Waals surface area contributed by atoms with Crippen LogP contribution in [0.3, 0.4) is 0 Å². The molecule has 166 valence electrons. The van der Waals surface area contributed by atoms with Crippen LogP contribution in [0.15, 0.2) is 11.1 Å². The van der Waals surface area contributed by atoms with Crippen LogP contribution in [0.5, 0.6) is 0 Å². The molecule has 4 aliphatic carbocycles. The summed E-state index contributed by atoms with van der Waals surface area (Å²) in [5.41, 5.74) is 4.80. The Hall–Kier alpha value is -0.300. The molecule has 0 bridgehead atoms. The van der Waals surface area contributed by atoms with Crippen molar-refractivity contribution in [3.8, 4) is 0 Å². The highest BCUT2D eigenvalue weighted by Crippen LogP contribution is 2.65. The van der Waals surface area contributed by atoms with Gasteiger partial charge in [-0.05, 0) is 104 Å². The Kier molecular flexibility index (Phi) is 6.04. The van der Waals surface area contributed by atoms with E-state index in [0.717, 1.165) is 48.3 Å². The summed E-state index contributed by atoms with van der Waals surface area (Å²) in [6.07, 6.45) is 14.5. The molecule has 4 aliphatic rings. The van der Waals surface area contributed by atoms with Crippen LogP contribution in [0, 0.1) is 46.3 Å². The minimum absolute atomic E-state index is 0.0268. The van der Waals surface area contributed by atoms with E-state index >= 15 is 0 Å². The summed E-state index contributed by atoms with van der Waals surface area (Å²) < 4.78 is 0. The summed E-state index contributed by atoms with van der Waals surface area (Å²) in [6, 6.07) is 0. The molecule has 0 amide bonds. The minimum Gasteiger partial charge on any atom is -0.393 e. The van der Waals surface area contributed by atoms with Crippen LogP contribution in [0.25, 0.3) is 0 Å². The molecule has 0 unspecified atom stereocenters. The third-order valence-electron chi connectivity index (χ3n) is 10.9. The van der Waals surface area contributed by atoms with Gasteiger partial charge in [0.2, 0.25) is 0 Å². The second kappa shape index (κ2) is 7.99. The lowest BCUT2D eigenvalue weighted by atomic mass is 9.49. The molecule has 1 heteroatoms. The lowest BCUT2D eigenvalue weighted by molar-refractivity contribution is -0.0381. The van der Waals surface area contributed by atoms with Gasteiger partial charge in [0.1, 0.15) is 0 Å². The van der Waals surface area contributed by atoms with Gasteiger partial charge in [-0.3, -0.25) is 0 Å². The van der Waals surface area contributed by atoms with Crippen LogP contribution < -0.4 is 0 Å². The van der Waals surface area contributed by atoms with Gasteiger partial charge >= 0.3 is 0 Å². The van der Waals surface area contributed by atoms with E-state index in [-0.39, 0.29) is 6.10 Å². The van der Waals surface area contributed by atoms with Gasteiger partial charge in [-0.15, -0.1) is 0 Å². The van der Waals surface area contributed by atoms with Crippen LogP contribution in [0.1, 0.15) is 112 Å². The zero-order valence-electron chi connectivity index (χ0n) is 20.3. The number of aliphatic hydroxyl groups is 1. The molecule has 0 aliphatic heterocycles. The first-order valence-corrected chi connectivity index (χ1v) is 13.1. The molecule has 0 saturated heterocycles. The molecule has 3 saturated carbocycles. The van der Waals surface area contributed by atoms with Gasteiger partial charge in [-0.1, -0.05) is 65.5 Å². The van der Waals surface area contributed by atoms with Gasteiger partial charge in [0, 0.05) is 0 Å². The number of hydrogen-bond donors (Lipinski definition) is 1. The molecular weight excluding hydrogens is 352 g/mol. The first-order chi connectivity index (χ1) is 13.7. The molecule has 0 spiro atoms. The Morgan fingerprint density at radius 3 is 2.41 bits per heavy atom. The fourth-order valence-electron chi connectivity index (χ4n) is 8.48. The van der Waals surface area contributed by atoms with Crippen LogP contribution in [0.2, 0.25) is 0 Å². The van der Waals surface area contributed by atoms with Gasteiger partial charge < -0.3 is 5.11 Å². The molecule has 4 rings (SSSR count). The number of rotatable bonds is 5. The maximum atomic E-state index is 10.3. The summed E-state index contributed by atoms with van der Waals surface area (Å²) in [5, 5.41) is 10.3. The van der Waals surface area contributed by atoms with Crippen molar-refractivity contribution in [1.82, 2.24) is 0 Å². The number of fused-ring (bicyclic) bond motifs is 4. The van der Waals surface area contributed by atoms with Crippen LogP contribution >= 0.6 is 0 Å². The van der Waals surface area contributed by atoms with Crippen molar-refractivity contribution >= 4 is 0 Å².